The number of benzene rings is 1. The van der Waals surface area contributed by atoms with Gasteiger partial charge in [0.05, 0.1) is 13.2 Å². The van der Waals surface area contributed by atoms with Gasteiger partial charge in [0, 0.05) is 17.7 Å². The Kier molecular flexibility index (Phi) is 6.99. The molecule has 0 bridgehead atoms. The van der Waals surface area contributed by atoms with Crippen LogP contribution in [-0.4, -0.2) is 31.5 Å². The van der Waals surface area contributed by atoms with Crippen molar-refractivity contribution in [2.75, 3.05) is 26.4 Å². The van der Waals surface area contributed by atoms with E-state index in [-0.39, 0.29) is 12.5 Å². The van der Waals surface area contributed by atoms with Crippen molar-refractivity contribution in [3.8, 4) is 11.5 Å². The molecule has 1 aromatic rings. The minimum absolute atomic E-state index is 0.00456. The van der Waals surface area contributed by atoms with E-state index >= 15 is 0 Å². The van der Waals surface area contributed by atoms with E-state index in [0.29, 0.717) is 42.7 Å². The summed E-state index contributed by atoms with van der Waals surface area (Å²) in [5.74, 6) is 1.33. The van der Waals surface area contributed by atoms with Crippen LogP contribution in [0.1, 0.15) is 19.4 Å². The fraction of sp³-hybridized carbons (Fsp3) is 0.571. The van der Waals surface area contributed by atoms with Crippen LogP contribution in [0.4, 0.5) is 0 Å². The molecule has 1 rings (SSSR count). The standard InChI is InChI=1S/C14H22ClNO3/c1-3-18-13-6-11(5-10(8-16)9-17)12(15)7-14(13)19-4-2/h6-7,10,17H,3-5,8-9,16H2,1-2H3. The lowest BCUT2D eigenvalue weighted by molar-refractivity contribution is 0.229. The van der Waals surface area contributed by atoms with Crippen LogP contribution in [-0.2, 0) is 6.42 Å². The highest BCUT2D eigenvalue weighted by Gasteiger charge is 2.14. The number of aliphatic hydroxyl groups excluding tert-OH is 1. The molecule has 5 heteroatoms. The molecule has 19 heavy (non-hydrogen) atoms. The SMILES string of the molecule is CCOc1cc(Cl)c(CC(CN)CO)cc1OCC. The van der Waals surface area contributed by atoms with E-state index in [4.69, 9.17) is 26.8 Å². The van der Waals surface area contributed by atoms with Gasteiger partial charge in [-0.15, -0.1) is 0 Å². The van der Waals surface area contributed by atoms with Crippen molar-refractivity contribution < 1.29 is 14.6 Å². The fourth-order valence-corrected chi connectivity index (χ4v) is 2.03. The van der Waals surface area contributed by atoms with Crippen LogP contribution in [0.5, 0.6) is 11.5 Å². The molecule has 4 nitrogen and oxygen atoms in total. The van der Waals surface area contributed by atoms with Crippen LogP contribution >= 0.6 is 11.6 Å². The normalized spacial score (nSPS) is 12.3. The molecule has 0 saturated carbocycles. The Labute approximate surface area is 119 Å². The van der Waals surface area contributed by atoms with E-state index in [1.54, 1.807) is 6.07 Å². The Morgan fingerprint density at radius 3 is 2.26 bits per heavy atom. The molecule has 0 spiro atoms. The molecular weight excluding hydrogens is 266 g/mol. The fourth-order valence-electron chi connectivity index (χ4n) is 1.80. The first kappa shape index (κ1) is 16.1. The van der Waals surface area contributed by atoms with Crippen LogP contribution < -0.4 is 15.2 Å². The molecular formula is C14H22ClNO3. The second kappa shape index (κ2) is 8.25. The average Bonchev–Trinajstić information content (AvgIpc) is 2.40. The third kappa shape index (κ3) is 4.56. The maximum absolute atomic E-state index is 9.21. The first-order valence-electron chi connectivity index (χ1n) is 6.55. The quantitative estimate of drug-likeness (QED) is 0.770. The molecule has 1 atom stereocenters. The third-order valence-electron chi connectivity index (χ3n) is 2.81. The van der Waals surface area contributed by atoms with E-state index in [9.17, 15) is 5.11 Å². The van der Waals surface area contributed by atoms with Gasteiger partial charge < -0.3 is 20.3 Å². The second-order valence-corrected chi connectivity index (χ2v) is 4.65. The summed E-state index contributed by atoms with van der Waals surface area (Å²) >= 11 is 6.24. The minimum Gasteiger partial charge on any atom is -0.490 e. The largest absolute Gasteiger partial charge is 0.490 e. The summed E-state index contributed by atoms with van der Waals surface area (Å²) in [4.78, 5) is 0. The predicted molar refractivity (Wildman–Crippen MR) is 77.1 cm³/mol. The maximum Gasteiger partial charge on any atom is 0.162 e. The highest BCUT2D eigenvalue weighted by Crippen LogP contribution is 2.34. The molecule has 0 aliphatic carbocycles. The third-order valence-corrected chi connectivity index (χ3v) is 3.16. The van der Waals surface area contributed by atoms with Crippen molar-refractivity contribution >= 4 is 11.6 Å². The molecule has 0 radical (unpaired) electrons. The van der Waals surface area contributed by atoms with E-state index in [0.717, 1.165) is 5.56 Å². The summed E-state index contributed by atoms with van der Waals surface area (Å²) < 4.78 is 11.1. The molecule has 3 N–H and O–H groups in total. The molecule has 108 valence electrons. The summed E-state index contributed by atoms with van der Waals surface area (Å²) in [6.07, 6.45) is 0.623. The van der Waals surface area contributed by atoms with E-state index in [1.807, 2.05) is 19.9 Å². The van der Waals surface area contributed by atoms with Crippen LogP contribution in [0.25, 0.3) is 0 Å². The Balaban J connectivity index is 3.01. The predicted octanol–water partition coefficient (Wildman–Crippen LogP) is 2.25. The molecule has 0 aromatic heterocycles. The van der Waals surface area contributed by atoms with Crippen LogP contribution in [0.2, 0.25) is 5.02 Å². The molecule has 0 aliphatic rings. The van der Waals surface area contributed by atoms with Gasteiger partial charge in [0.1, 0.15) is 0 Å². The summed E-state index contributed by atoms with van der Waals surface area (Å²) in [5, 5.41) is 9.82. The van der Waals surface area contributed by atoms with Gasteiger partial charge in [-0.05, 0) is 44.4 Å². The Morgan fingerprint density at radius 1 is 1.21 bits per heavy atom. The summed E-state index contributed by atoms with van der Waals surface area (Å²) in [7, 11) is 0. The first-order valence-corrected chi connectivity index (χ1v) is 6.92. The topological polar surface area (TPSA) is 64.7 Å². The molecule has 1 unspecified atom stereocenters. The van der Waals surface area contributed by atoms with Gasteiger partial charge in [-0.3, -0.25) is 0 Å². The van der Waals surface area contributed by atoms with Crippen molar-refractivity contribution in [1.29, 1.82) is 0 Å². The van der Waals surface area contributed by atoms with Gasteiger partial charge in [-0.25, -0.2) is 0 Å². The number of hydrogen-bond acceptors (Lipinski definition) is 4. The Hall–Kier alpha value is -0.970. The Bertz CT molecular complexity index is 395. The number of halogens is 1. The zero-order valence-corrected chi connectivity index (χ0v) is 12.2. The number of ether oxygens (including phenoxy) is 2. The first-order chi connectivity index (χ1) is 9.15. The summed E-state index contributed by atoms with van der Waals surface area (Å²) in [6.45, 7) is 5.40. The van der Waals surface area contributed by atoms with Crippen LogP contribution in [0.3, 0.4) is 0 Å². The van der Waals surface area contributed by atoms with Crippen molar-refractivity contribution in [1.82, 2.24) is 0 Å². The Morgan fingerprint density at radius 2 is 1.79 bits per heavy atom. The molecule has 0 saturated heterocycles. The van der Waals surface area contributed by atoms with Gasteiger partial charge in [-0.1, -0.05) is 11.6 Å². The molecule has 0 aliphatic heterocycles. The average molecular weight is 288 g/mol. The molecule has 0 heterocycles. The smallest absolute Gasteiger partial charge is 0.162 e. The lowest BCUT2D eigenvalue weighted by atomic mass is 10.00. The maximum atomic E-state index is 9.21. The van der Waals surface area contributed by atoms with Crippen LogP contribution in [0, 0.1) is 5.92 Å². The van der Waals surface area contributed by atoms with E-state index in [2.05, 4.69) is 0 Å². The lowest BCUT2D eigenvalue weighted by Gasteiger charge is -2.16. The summed E-state index contributed by atoms with van der Waals surface area (Å²) in [5.41, 5.74) is 6.51. The van der Waals surface area contributed by atoms with Gasteiger partial charge >= 0.3 is 0 Å². The van der Waals surface area contributed by atoms with Crippen LogP contribution in [0.15, 0.2) is 12.1 Å². The molecule has 0 amide bonds. The van der Waals surface area contributed by atoms with Crippen molar-refractivity contribution in [2.45, 2.75) is 20.3 Å². The van der Waals surface area contributed by atoms with E-state index in [1.165, 1.54) is 0 Å². The zero-order valence-electron chi connectivity index (χ0n) is 11.5. The van der Waals surface area contributed by atoms with Crippen molar-refractivity contribution in [3.05, 3.63) is 22.7 Å². The monoisotopic (exact) mass is 287 g/mol. The van der Waals surface area contributed by atoms with Gasteiger partial charge in [0.25, 0.3) is 0 Å². The van der Waals surface area contributed by atoms with Gasteiger partial charge in [0.2, 0.25) is 0 Å². The minimum atomic E-state index is 0.00456. The van der Waals surface area contributed by atoms with Gasteiger partial charge in [-0.2, -0.15) is 0 Å². The number of rotatable bonds is 8. The van der Waals surface area contributed by atoms with Gasteiger partial charge in [0.15, 0.2) is 11.5 Å². The summed E-state index contributed by atoms with van der Waals surface area (Å²) in [6, 6.07) is 3.63. The number of nitrogens with two attached hydrogens (primary N) is 1. The van der Waals surface area contributed by atoms with Crippen molar-refractivity contribution in [2.24, 2.45) is 11.7 Å². The highest BCUT2D eigenvalue weighted by atomic mass is 35.5. The molecule has 0 fully saturated rings. The lowest BCUT2D eigenvalue weighted by Crippen LogP contribution is -2.20. The zero-order chi connectivity index (χ0) is 14.3. The number of hydrogen-bond donors (Lipinski definition) is 2. The van der Waals surface area contributed by atoms with E-state index < -0.39 is 0 Å². The molecule has 1 aromatic carbocycles. The number of aliphatic hydroxyl groups is 1. The highest BCUT2D eigenvalue weighted by molar-refractivity contribution is 6.31. The van der Waals surface area contributed by atoms with Crippen molar-refractivity contribution in [3.63, 3.8) is 0 Å². The second-order valence-electron chi connectivity index (χ2n) is 4.24.